The van der Waals surface area contributed by atoms with Crippen LogP contribution in [0.15, 0.2) is 0 Å². The molecule has 1 aliphatic heterocycles. The highest BCUT2D eigenvalue weighted by molar-refractivity contribution is 8.00. The average Bonchev–Trinajstić information content (AvgIpc) is 2.46. The van der Waals surface area contributed by atoms with E-state index in [-0.39, 0.29) is 5.37 Å². The number of aliphatic carboxylic acids is 1. The van der Waals surface area contributed by atoms with Gasteiger partial charge in [-0.05, 0) is 6.42 Å². The van der Waals surface area contributed by atoms with Crippen LogP contribution in [0.5, 0.6) is 0 Å². The summed E-state index contributed by atoms with van der Waals surface area (Å²) in [5, 5.41) is 8.76. The van der Waals surface area contributed by atoms with Crippen LogP contribution in [0.4, 0.5) is 0 Å². The highest BCUT2D eigenvalue weighted by Gasteiger charge is 2.36. The van der Waals surface area contributed by atoms with Crippen molar-refractivity contribution in [3.05, 3.63) is 0 Å². The molecule has 2 atom stereocenters. The van der Waals surface area contributed by atoms with Crippen LogP contribution in [0.1, 0.15) is 13.3 Å². The van der Waals surface area contributed by atoms with Crippen molar-refractivity contribution in [2.24, 2.45) is 0 Å². The SMILES string of the molecule is CCC1SCC(C(=O)O)N1C=O. The van der Waals surface area contributed by atoms with E-state index in [1.807, 2.05) is 6.92 Å². The van der Waals surface area contributed by atoms with Crippen LogP contribution < -0.4 is 0 Å². The Labute approximate surface area is 74.9 Å². The largest absolute Gasteiger partial charge is 0.480 e. The number of carbonyl (C=O) groups excluding carboxylic acids is 1. The summed E-state index contributed by atoms with van der Waals surface area (Å²) in [6.07, 6.45) is 1.43. The molecular formula is C7H11NO3S. The molecule has 68 valence electrons. The molecular weight excluding hydrogens is 178 g/mol. The van der Waals surface area contributed by atoms with Crippen molar-refractivity contribution < 1.29 is 14.7 Å². The lowest BCUT2D eigenvalue weighted by Crippen LogP contribution is -2.40. The van der Waals surface area contributed by atoms with Crippen molar-refractivity contribution in [3.63, 3.8) is 0 Å². The summed E-state index contributed by atoms with van der Waals surface area (Å²) in [6.45, 7) is 1.94. The molecule has 12 heavy (non-hydrogen) atoms. The lowest BCUT2D eigenvalue weighted by atomic mass is 10.3. The standard InChI is InChI=1S/C7H11NO3S/c1-2-6-8(4-9)5(3-12-6)7(10)11/h4-6H,2-3H2,1H3,(H,10,11). The first kappa shape index (κ1) is 9.38. The lowest BCUT2D eigenvalue weighted by molar-refractivity contribution is -0.145. The molecule has 1 rings (SSSR count). The first-order valence-corrected chi connectivity index (χ1v) is 4.82. The van der Waals surface area contributed by atoms with Crippen molar-refractivity contribution in [2.75, 3.05) is 5.75 Å². The highest BCUT2D eigenvalue weighted by Crippen LogP contribution is 2.29. The maximum atomic E-state index is 10.6. The lowest BCUT2D eigenvalue weighted by Gasteiger charge is -2.20. The van der Waals surface area contributed by atoms with E-state index in [1.54, 1.807) is 0 Å². The van der Waals surface area contributed by atoms with Crippen LogP contribution in [0, 0.1) is 0 Å². The third kappa shape index (κ3) is 1.55. The minimum Gasteiger partial charge on any atom is -0.480 e. The summed E-state index contributed by atoms with van der Waals surface area (Å²) in [6, 6.07) is -0.627. The van der Waals surface area contributed by atoms with E-state index < -0.39 is 12.0 Å². The Balaban J connectivity index is 2.68. The number of carboxylic acid groups (broad SMARTS) is 1. The van der Waals surface area contributed by atoms with Crippen LogP contribution in [-0.4, -0.2) is 39.6 Å². The van der Waals surface area contributed by atoms with Gasteiger partial charge in [-0.3, -0.25) is 4.79 Å². The van der Waals surface area contributed by atoms with Gasteiger partial charge in [0.25, 0.3) is 0 Å². The number of rotatable bonds is 3. The van der Waals surface area contributed by atoms with Crippen LogP contribution in [0.3, 0.4) is 0 Å². The smallest absolute Gasteiger partial charge is 0.327 e. The van der Waals surface area contributed by atoms with Gasteiger partial charge in [0, 0.05) is 5.75 Å². The quantitative estimate of drug-likeness (QED) is 0.652. The Morgan fingerprint density at radius 1 is 1.83 bits per heavy atom. The van der Waals surface area contributed by atoms with E-state index >= 15 is 0 Å². The maximum absolute atomic E-state index is 10.6. The second-order valence-corrected chi connectivity index (χ2v) is 3.81. The fourth-order valence-corrected chi connectivity index (χ4v) is 2.57. The molecule has 1 saturated heterocycles. The summed E-state index contributed by atoms with van der Waals surface area (Å²) in [4.78, 5) is 22.5. The van der Waals surface area contributed by atoms with Crippen LogP contribution >= 0.6 is 11.8 Å². The third-order valence-corrected chi connectivity index (χ3v) is 3.36. The van der Waals surface area contributed by atoms with Gasteiger partial charge in [-0.15, -0.1) is 11.8 Å². The van der Waals surface area contributed by atoms with Gasteiger partial charge in [0.15, 0.2) is 0 Å². The number of amides is 1. The molecule has 4 nitrogen and oxygen atoms in total. The van der Waals surface area contributed by atoms with Gasteiger partial charge in [-0.1, -0.05) is 6.92 Å². The van der Waals surface area contributed by atoms with E-state index in [0.717, 1.165) is 6.42 Å². The molecule has 0 radical (unpaired) electrons. The highest BCUT2D eigenvalue weighted by atomic mass is 32.2. The average molecular weight is 189 g/mol. The molecule has 1 N–H and O–H groups in total. The van der Waals surface area contributed by atoms with E-state index in [0.29, 0.717) is 12.2 Å². The molecule has 0 aliphatic carbocycles. The molecule has 1 aliphatic rings. The Hall–Kier alpha value is -0.710. The topological polar surface area (TPSA) is 57.6 Å². The zero-order chi connectivity index (χ0) is 9.14. The molecule has 0 aromatic rings. The normalized spacial score (nSPS) is 28.9. The Morgan fingerprint density at radius 3 is 2.92 bits per heavy atom. The molecule has 0 bridgehead atoms. The molecule has 1 heterocycles. The van der Waals surface area contributed by atoms with Gasteiger partial charge in [-0.2, -0.15) is 0 Å². The molecule has 0 aromatic heterocycles. The fourth-order valence-electron chi connectivity index (χ4n) is 1.24. The second-order valence-electron chi connectivity index (χ2n) is 2.60. The van der Waals surface area contributed by atoms with E-state index in [4.69, 9.17) is 5.11 Å². The predicted molar refractivity (Wildman–Crippen MR) is 45.9 cm³/mol. The Bertz CT molecular complexity index is 197. The van der Waals surface area contributed by atoms with Gasteiger partial charge >= 0.3 is 5.97 Å². The summed E-state index contributed by atoms with van der Waals surface area (Å²) in [5.41, 5.74) is 0. The molecule has 0 saturated carbocycles. The number of thioether (sulfide) groups is 1. The van der Waals surface area contributed by atoms with Crippen molar-refractivity contribution in [1.82, 2.24) is 4.90 Å². The molecule has 5 heteroatoms. The number of hydrogen-bond donors (Lipinski definition) is 1. The Kier molecular flexibility index (Phi) is 2.97. The molecule has 0 aromatic carbocycles. The zero-order valence-corrected chi connectivity index (χ0v) is 7.58. The third-order valence-electron chi connectivity index (χ3n) is 1.89. The van der Waals surface area contributed by atoms with Crippen molar-refractivity contribution in [3.8, 4) is 0 Å². The second kappa shape index (κ2) is 3.80. The van der Waals surface area contributed by atoms with E-state index in [1.165, 1.54) is 16.7 Å². The molecule has 2 unspecified atom stereocenters. The van der Waals surface area contributed by atoms with Crippen LogP contribution in [-0.2, 0) is 9.59 Å². The summed E-state index contributed by atoms with van der Waals surface area (Å²) in [7, 11) is 0. The summed E-state index contributed by atoms with van der Waals surface area (Å²) in [5.74, 6) is -0.405. The molecule has 1 fully saturated rings. The van der Waals surface area contributed by atoms with Crippen molar-refractivity contribution in [2.45, 2.75) is 24.8 Å². The molecule has 0 spiro atoms. The van der Waals surface area contributed by atoms with E-state index in [2.05, 4.69) is 0 Å². The van der Waals surface area contributed by atoms with Crippen molar-refractivity contribution in [1.29, 1.82) is 0 Å². The summed E-state index contributed by atoms with van der Waals surface area (Å²) >= 11 is 1.53. The van der Waals surface area contributed by atoms with Crippen LogP contribution in [0.25, 0.3) is 0 Å². The predicted octanol–water partition coefficient (Wildman–Crippen LogP) is 0.381. The number of nitrogens with zero attached hydrogens (tertiary/aromatic N) is 1. The fraction of sp³-hybridized carbons (Fsp3) is 0.714. The number of carboxylic acids is 1. The van der Waals surface area contributed by atoms with E-state index in [9.17, 15) is 9.59 Å². The monoisotopic (exact) mass is 189 g/mol. The van der Waals surface area contributed by atoms with Crippen LogP contribution in [0.2, 0.25) is 0 Å². The first-order chi connectivity index (χ1) is 5.70. The maximum Gasteiger partial charge on any atom is 0.327 e. The van der Waals surface area contributed by atoms with Crippen molar-refractivity contribution >= 4 is 24.1 Å². The number of carbonyl (C=O) groups is 2. The zero-order valence-electron chi connectivity index (χ0n) is 6.77. The van der Waals surface area contributed by atoms with Gasteiger partial charge < -0.3 is 10.0 Å². The van der Waals surface area contributed by atoms with Gasteiger partial charge in [0.05, 0.1) is 5.37 Å². The Morgan fingerprint density at radius 2 is 2.50 bits per heavy atom. The minimum absolute atomic E-state index is 0.0450. The first-order valence-electron chi connectivity index (χ1n) is 3.77. The summed E-state index contributed by atoms with van der Waals surface area (Å²) < 4.78 is 0. The van der Waals surface area contributed by atoms with Gasteiger partial charge in [0.1, 0.15) is 6.04 Å². The van der Waals surface area contributed by atoms with Gasteiger partial charge in [0.2, 0.25) is 6.41 Å². The minimum atomic E-state index is -0.912. The number of hydrogen-bond acceptors (Lipinski definition) is 3. The van der Waals surface area contributed by atoms with Gasteiger partial charge in [-0.25, -0.2) is 4.79 Å². The molecule has 1 amide bonds.